The molecular weight excluding hydrogens is 222 g/mol. The topological polar surface area (TPSA) is 73.9 Å². The van der Waals surface area contributed by atoms with Gasteiger partial charge in [-0.1, -0.05) is 6.92 Å². The fourth-order valence-corrected chi connectivity index (χ4v) is 1.43. The Labute approximate surface area is 104 Å². The van der Waals surface area contributed by atoms with Crippen LogP contribution >= 0.6 is 0 Å². The third-order valence-electron chi connectivity index (χ3n) is 3.10. The second kappa shape index (κ2) is 10.9. The van der Waals surface area contributed by atoms with Crippen molar-refractivity contribution in [3.63, 3.8) is 0 Å². The Kier molecular flexibility index (Phi) is 10.8. The van der Waals surface area contributed by atoms with Crippen LogP contribution in [0.5, 0.6) is 0 Å². The van der Waals surface area contributed by atoms with Gasteiger partial charge in [0.25, 0.3) is 0 Å². The second-order valence-electron chi connectivity index (χ2n) is 4.18. The van der Waals surface area contributed by atoms with Crippen molar-refractivity contribution < 1.29 is 19.3 Å². The van der Waals surface area contributed by atoms with Crippen molar-refractivity contribution in [2.45, 2.75) is 19.8 Å². The minimum atomic E-state index is -0.184. The molecule has 0 aliphatic carbocycles. The molecule has 0 aliphatic heterocycles. The van der Waals surface area contributed by atoms with Crippen LogP contribution in [0.3, 0.4) is 0 Å². The van der Waals surface area contributed by atoms with Crippen LogP contribution in [0, 0.1) is 5.41 Å². The number of aliphatic hydroxyl groups is 1. The molecule has 0 saturated carbocycles. The van der Waals surface area contributed by atoms with E-state index in [1.807, 2.05) is 6.92 Å². The molecule has 0 rings (SSSR count). The molecule has 0 heterocycles. The zero-order valence-corrected chi connectivity index (χ0v) is 11.1. The number of hydrogen-bond donors (Lipinski definition) is 2. The van der Waals surface area contributed by atoms with E-state index in [4.69, 9.17) is 19.9 Å². The number of aliphatic hydroxyl groups excluding tert-OH is 1. The number of methoxy groups -OCH3 is 1. The minimum Gasteiger partial charge on any atom is -0.396 e. The molecule has 0 aromatic rings. The molecule has 0 spiro atoms. The van der Waals surface area contributed by atoms with Crippen LogP contribution < -0.4 is 5.73 Å². The molecule has 0 aromatic heterocycles. The van der Waals surface area contributed by atoms with Gasteiger partial charge in [0.15, 0.2) is 0 Å². The van der Waals surface area contributed by atoms with Crippen LogP contribution in [0.2, 0.25) is 0 Å². The Bertz CT molecular complexity index is 154. The molecule has 0 bridgehead atoms. The highest BCUT2D eigenvalue weighted by Gasteiger charge is 2.25. The van der Waals surface area contributed by atoms with Crippen molar-refractivity contribution in [2.24, 2.45) is 11.1 Å². The summed E-state index contributed by atoms with van der Waals surface area (Å²) in [5, 5.41) is 9.30. The van der Waals surface area contributed by atoms with Crippen molar-refractivity contribution in [3.8, 4) is 0 Å². The van der Waals surface area contributed by atoms with Gasteiger partial charge in [-0.3, -0.25) is 0 Å². The Hall–Kier alpha value is -0.200. The van der Waals surface area contributed by atoms with E-state index in [1.54, 1.807) is 7.11 Å². The SMILES string of the molecule is CCC(CN)(CO)CCOCCOCCOC. The first-order valence-corrected chi connectivity index (χ1v) is 6.20. The second-order valence-corrected chi connectivity index (χ2v) is 4.18. The molecule has 104 valence electrons. The fraction of sp³-hybridized carbons (Fsp3) is 1.00. The number of hydrogen-bond acceptors (Lipinski definition) is 5. The molecule has 3 N–H and O–H groups in total. The van der Waals surface area contributed by atoms with Crippen LogP contribution in [0.4, 0.5) is 0 Å². The predicted octanol–water partition coefficient (Wildman–Crippen LogP) is 0.404. The van der Waals surface area contributed by atoms with E-state index < -0.39 is 0 Å². The van der Waals surface area contributed by atoms with Gasteiger partial charge in [-0.05, 0) is 12.8 Å². The highest BCUT2D eigenvalue weighted by atomic mass is 16.5. The Balaban J connectivity index is 3.43. The molecule has 0 fully saturated rings. The van der Waals surface area contributed by atoms with Gasteiger partial charge in [0.05, 0.1) is 26.4 Å². The Morgan fingerprint density at radius 2 is 1.65 bits per heavy atom. The summed E-state index contributed by atoms with van der Waals surface area (Å²) in [4.78, 5) is 0. The van der Waals surface area contributed by atoms with Crippen molar-refractivity contribution in [1.29, 1.82) is 0 Å². The average Bonchev–Trinajstić information content (AvgIpc) is 2.38. The number of ether oxygens (including phenoxy) is 3. The minimum absolute atomic E-state index is 0.119. The average molecular weight is 249 g/mol. The van der Waals surface area contributed by atoms with Gasteiger partial charge in [-0.2, -0.15) is 0 Å². The van der Waals surface area contributed by atoms with E-state index in [0.717, 1.165) is 12.8 Å². The molecule has 0 amide bonds. The monoisotopic (exact) mass is 249 g/mol. The highest BCUT2D eigenvalue weighted by molar-refractivity contribution is 4.77. The molecular formula is C12H27NO4. The number of nitrogens with two attached hydrogens (primary N) is 1. The molecule has 0 saturated heterocycles. The van der Waals surface area contributed by atoms with Gasteiger partial charge in [0.2, 0.25) is 0 Å². The summed E-state index contributed by atoms with van der Waals surface area (Å²) in [6.45, 7) is 5.61. The lowest BCUT2D eigenvalue weighted by Crippen LogP contribution is -2.35. The maximum atomic E-state index is 9.30. The van der Waals surface area contributed by atoms with E-state index in [2.05, 4.69) is 0 Å². The maximum absolute atomic E-state index is 9.30. The molecule has 5 nitrogen and oxygen atoms in total. The quantitative estimate of drug-likeness (QED) is 0.490. The van der Waals surface area contributed by atoms with E-state index >= 15 is 0 Å². The maximum Gasteiger partial charge on any atom is 0.0701 e. The van der Waals surface area contributed by atoms with Crippen molar-refractivity contribution >= 4 is 0 Å². The van der Waals surface area contributed by atoms with Gasteiger partial charge < -0.3 is 25.1 Å². The first-order valence-electron chi connectivity index (χ1n) is 6.20. The summed E-state index contributed by atoms with van der Waals surface area (Å²) in [6, 6.07) is 0. The van der Waals surface area contributed by atoms with Crippen LogP contribution in [0.25, 0.3) is 0 Å². The molecule has 1 atom stereocenters. The molecule has 5 heteroatoms. The highest BCUT2D eigenvalue weighted by Crippen LogP contribution is 2.23. The summed E-state index contributed by atoms with van der Waals surface area (Å²) >= 11 is 0. The Morgan fingerprint density at radius 1 is 1.06 bits per heavy atom. The molecule has 0 aliphatic rings. The normalized spacial score (nSPS) is 14.8. The summed E-state index contributed by atoms with van der Waals surface area (Å²) in [5.74, 6) is 0. The lowest BCUT2D eigenvalue weighted by atomic mass is 9.83. The number of rotatable bonds is 12. The standard InChI is InChI=1S/C12H27NO4/c1-3-12(10-13,11-14)4-5-16-8-9-17-7-6-15-2/h14H,3-11,13H2,1-2H3. The molecule has 1 unspecified atom stereocenters. The smallest absolute Gasteiger partial charge is 0.0701 e. The molecule has 17 heavy (non-hydrogen) atoms. The van der Waals surface area contributed by atoms with E-state index in [-0.39, 0.29) is 12.0 Å². The van der Waals surface area contributed by atoms with Gasteiger partial charge in [-0.25, -0.2) is 0 Å². The Morgan fingerprint density at radius 3 is 2.12 bits per heavy atom. The lowest BCUT2D eigenvalue weighted by molar-refractivity contribution is 0.0100. The molecule has 0 aromatic carbocycles. The van der Waals surface area contributed by atoms with Crippen LogP contribution in [-0.4, -0.2) is 58.4 Å². The third kappa shape index (κ3) is 7.68. The zero-order chi connectivity index (χ0) is 13.0. The third-order valence-corrected chi connectivity index (χ3v) is 3.10. The van der Waals surface area contributed by atoms with Crippen LogP contribution in [0.15, 0.2) is 0 Å². The molecule has 0 radical (unpaired) electrons. The summed E-state index contributed by atoms with van der Waals surface area (Å²) in [6.07, 6.45) is 1.66. The van der Waals surface area contributed by atoms with E-state index in [1.165, 1.54) is 0 Å². The van der Waals surface area contributed by atoms with Crippen molar-refractivity contribution in [3.05, 3.63) is 0 Å². The lowest BCUT2D eigenvalue weighted by Gasteiger charge is -2.28. The first-order chi connectivity index (χ1) is 8.24. The van der Waals surface area contributed by atoms with Crippen molar-refractivity contribution in [2.75, 3.05) is 53.3 Å². The van der Waals surface area contributed by atoms with Crippen LogP contribution in [-0.2, 0) is 14.2 Å². The fourth-order valence-electron chi connectivity index (χ4n) is 1.43. The van der Waals surface area contributed by atoms with Crippen LogP contribution in [0.1, 0.15) is 19.8 Å². The van der Waals surface area contributed by atoms with Gasteiger partial charge in [0, 0.05) is 32.3 Å². The van der Waals surface area contributed by atoms with E-state index in [9.17, 15) is 5.11 Å². The van der Waals surface area contributed by atoms with Gasteiger partial charge in [0.1, 0.15) is 0 Å². The largest absolute Gasteiger partial charge is 0.396 e. The first kappa shape index (κ1) is 16.8. The summed E-state index contributed by atoms with van der Waals surface area (Å²) in [5.41, 5.74) is 5.49. The summed E-state index contributed by atoms with van der Waals surface area (Å²) in [7, 11) is 1.64. The van der Waals surface area contributed by atoms with Crippen molar-refractivity contribution in [1.82, 2.24) is 0 Å². The van der Waals surface area contributed by atoms with Gasteiger partial charge >= 0.3 is 0 Å². The predicted molar refractivity (Wildman–Crippen MR) is 67.0 cm³/mol. The zero-order valence-electron chi connectivity index (χ0n) is 11.1. The van der Waals surface area contributed by atoms with Gasteiger partial charge in [-0.15, -0.1) is 0 Å². The summed E-state index contributed by atoms with van der Waals surface area (Å²) < 4.78 is 15.6. The van der Waals surface area contributed by atoms with E-state index in [0.29, 0.717) is 39.6 Å².